The summed E-state index contributed by atoms with van der Waals surface area (Å²) in [6, 6.07) is -0.0577. The molecule has 0 spiro atoms. The van der Waals surface area contributed by atoms with Crippen LogP contribution >= 0.6 is 11.3 Å². The third kappa shape index (κ3) is 13.1. The van der Waals surface area contributed by atoms with Crippen molar-refractivity contribution in [3.8, 4) is 0 Å². The Balaban J connectivity index is 0. The van der Waals surface area contributed by atoms with E-state index in [1.165, 1.54) is 6.92 Å². The van der Waals surface area contributed by atoms with Gasteiger partial charge in [-0.2, -0.15) is 0 Å². The molecule has 3 amide bonds. The average molecular weight is 316 g/mol. The number of carbonyl (C=O) groups is 2. The molecule has 0 aliphatic carbocycles. The lowest BCUT2D eigenvalue weighted by Crippen LogP contribution is -2.36. The summed E-state index contributed by atoms with van der Waals surface area (Å²) in [7, 11) is 1.76. The summed E-state index contributed by atoms with van der Waals surface area (Å²) in [6.45, 7) is 11.2. The molecule has 0 saturated carbocycles. The molecule has 0 aliphatic rings. The molecule has 0 aliphatic heterocycles. The minimum Gasteiger partial charge on any atom is -0.357 e. The van der Waals surface area contributed by atoms with Crippen molar-refractivity contribution in [2.24, 2.45) is 0 Å². The Bertz CT molecular complexity index is 369. The van der Waals surface area contributed by atoms with Crippen LogP contribution in [0.2, 0.25) is 0 Å². The lowest BCUT2D eigenvalue weighted by molar-refractivity contribution is -0.118. The molecule has 6 nitrogen and oxygen atoms in total. The summed E-state index contributed by atoms with van der Waals surface area (Å²) in [5.74, 6) is 0.0394. The predicted molar refractivity (Wildman–Crippen MR) is 88.4 cm³/mol. The van der Waals surface area contributed by atoms with Crippen molar-refractivity contribution >= 4 is 23.3 Å². The average Bonchev–Trinajstić information content (AvgIpc) is 2.94. The van der Waals surface area contributed by atoms with Gasteiger partial charge in [0.05, 0.1) is 6.54 Å². The van der Waals surface area contributed by atoms with Gasteiger partial charge in [0, 0.05) is 38.6 Å². The largest absolute Gasteiger partial charge is 0.357 e. The number of hydrogen-bond donors (Lipinski definition) is 2. The van der Waals surface area contributed by atoms with Gasteiger partial charge in [0.2, 0.25) is 5.91 Å². The zero-order valence-corrected chi connectivity index (χ0v) is 14.7. The van der Waals surface area contributed by atoms with E-state index in [0.29, 0.717) is 13.1 Å². The van der Waals surface area contributed by atoms with Crippen molar-refractivity contribution in [1.29, 1.82) is 0 Å². The van der Waals surface area contributed by atoms with Crippen LogP contribution in [0.5, 0.6) is 0 Å². The zero-order valence-electron chi connectivity index (χ0n) is 13.9. The summed E-state index contributed by atoms with van der Waals surface area (Å²) in [6.07, 6.45) is 1.74. The maximum absolute atomic E-state index is 11.3. The van der Waals surface area contributed by atoms with Gasteiger partial charge in [-0.15, -0.1) is 11.3 Å². The summed E-state index contributed by atoms with van der Waals surface area (Å²) >= 11 is 1.55. The Kier molecular flexibility index (Phi) is 15.2. The van der Waals surface area contributed by atoms with Gasteiger partial charge in [0.15, 0.2) is 0 Å². The van der Waals surface area contributed by atoms with E-state index in [1.807, 2.05) is 33.1 Å². The van der Waals surface area contributed by atoms with Crippen molar-refractivity contribution in [2.75, 3.05) is 20.1 Å². The standard InChI is InChI=1S/C8H13N3OS.C4H9NO.C2H6/c1-3-9-8(12)11(2)6-7-10-4-5-13-7;1-3-5-4(2)6;1-2/h4-5H,3,6H2,1-2H3,(H,9,12);3H2,1-2H3,(H,5,6);1-2H3. The van der Waals surface area contributed by atoms with Gasteiger partial charge in [0.25, 0.3) is 0 Å². The molecule has 0 fully saturated rings. The number of nitrogens with zero attached hydrogens (tertiary/aromatic N) is 2. The van der Waals surface area contributed by atoms with Gasteiger partial charge in [-0.05, 0) is 13.8 Å². The monoisotopic (exact) mass is 316 g/mol. The van der Waals surface area contributed by atoms with Crippen LogP contribution in [0.1, 0.15) is 39.6 Å². The van der Waals surface area contributed by atoms with Crippen LogP contribution in [0, 0.1) is 0 Å². The summed E-state index contributed by atoms with van der Waals surface area (Å²) in [5.41, 5.74) is 0. The first-order valence-electron chi connectivity index (χ1n) is 7.13. The van der Waals surface area contributed by atoms with E-state index >= 15 is 0 Å². The Morgan fingerprint density at radius 3 is 2.14 bits per heavy atom. The van der Waals surface area contributed by atoms with Gasteiger partial charge < -0.3 is 15.5 Å². The Hall–Kier alpha value is -1.63. The Morgan fingerprint density at radius 2 is 1.81 bits per heavy atom. The molecule has 1 aromatic rings. The SMILES string of the molecule is CC.CCNC(=O)N(C)Cc1nccs1.CCNC(C)=O. The molecule has 0 unspecified atom stereocenters. The second kappa shape index (κ2) is 14.8. The van der Waals surface area contributed by atoms with Crippen molar-refractivity contribution in [1.82, 2.24) is 20.5 Å². The van der Waals surface area contributed by atoms with Crippen molar-refractivity contribution in [2.45, 2.75) is 41.2 Å². The molecule has 1 rings (SSSR count). The van der Waals surface area contributed by atoms with E-state index in [0.717, 1.165) is 11.6 Å². The highest BCUT2D eigenvalue weighted by molar-refractivity contribution is 7.09. The number of carbonyl (C=O) groups excluding carboxylic acids is 2. The molecule has 1 heterocycles. The molecule has 0 bridgehead atoms. The molecular weight excluding hydrogens is 288 g/mol. The van der Waals surface area contributed by atoms with Crippen LogP contribution < -0.4 is 10.6 Å². The fourth-order valence-electron chi connectivity index (χ4n) is 1.14. The molecule has 122 valence electrons. The minimum atomic E-state index is -0.0577. The van der Waals surface area contributed by atoms with E-state index in [4.69, 9.17) is 0 Å². The van der Waals surface area contributed by atoms with Gasteiger partial charge >= 0.3 is 6.03 Å². The highest BCUT2D eigenvalue weighted by atomic mass is 32.1. The first-order chi connectivity index (χ1) is 10.0. The number of thiazole rings is 1. The number of urea groups is 1. The van der Waals surface area contributed by atoms with E-state index in [2.05, 4.69) is 15.6 Å². The first-order valence-corrected chi connectivity index (χ1v) is 8.00. The van der Waals surface area contributed by atoms with Crippen LogP contribution in [-0.4, -0.2) is 42.0 Å². The topological polar surface area (TPSA) is 74.3 Å². The highest BCUT2D eigenvalue weighted by Crippen LogP contribution is 2.06. The lowest BCUT2D eigenvalue weighted by atomic mass is 10.6. The third-order valence-corrected chi connectivity index (χ3v) is 2.72. The van der Waals surface area contributed by atoms with Gasteiger partial charge in [-0.25, -0.2) is 9.78 Å². The quantitative estimate of drug-likeness (QED) is 0.896. The van der Waals surface area contributed by atoms with Gasteiger partial charge in [-0.3, -0.25) is 4.79 Å². The second-order valence-corrected chi connectivity index (χ2v) is 4.68. The van der Waals surface area contributed by atoms with Gasteiger partial charge in [0.1, 0.15) is 5.01 Å². The van der Waals surface area contributed by atoms with Crippen LogP contribution in [-0.2, 0) is 11.3 Å². The molecule has 0 radical (unpaired) electrons. The predicted octanol–water partition coefficient (Wildman–Crippen LogP) is 2.47. The minimum absolute atomic E-state index is 0.0394. The van der Waals surface area contributed by atoms with Crippen LogP contribution in [0.25, 0.3) is 0 Å². The normalized spacial score (nSPS) is 8.48. The summed E-state index contributed by atoms with van der Waals surface area (Å²) in [5, 5.41) is 8.15. The van der Waals surface area contributed by atoms with E-state index in [9.17, 15) is 9.59 Å². The third-order valence-electron chi connectivity index (χ3n) is 1.96. The number of rotatable bonds is 4. The lowest BCUT2D eigenvalue weighted by Gasteiger charge is -2.15. The number of hydrogen-bond acceptors (Lipinski definition) is 4. The number of amides is 3. The van der Waals surface area contributed by atoms with Crippen molar-refractivity contribution < 1.29 is 9.59 Å². The molecule has 0 aromatic carbocycles. The smallest absolute Gasteiger partial charge is 0.317 e. The number of aromatic nitrogens is 1. The van der Waals surface area contributed by atoms with Crippen LogP contribution in [0.4, 0.5) is 4.79 Å². The van der Waals surface area contributed by atoms with Crippen molar-refractivity contribution in [3.05, 3.63) is 16.6 Å². The first kappa shape index (κ1) is 21.7. The molecule has 0 saturated heterocycles. The van der Waals surface area contributed by atoms with E-state index in [-0.39, 0.29) is 11.9 Å². The molecule has 0 atom stereocenters. The fraction of sp³-hybridized carbons (Fsp3) is 0.643. The van der Waals surface area contributed by atoms with Crippen LogP contribution in [0.3, 0.4) is 0 Å². The highest BCUT2D eigenvalue weighted by Gasteiger charge is 2.08. The molecular formula is C14H28N4O2S. The Morgan fingerprint density at radius 1 is 1.24 bits per heavy atom. The molecule has 1 aromatic heterocycles. The van der Waals surface area contributed by atoms with Crippen LogP contribution in [0.15, 0.2) is 11.6 Å². The maximum atomic E-state index is 11.3. The number of nitrogens with one attached hydrogen (secondary N) is 2. The maximum Gasteiger partial charge on any atom is 0.317 e. The fourth-order valence-corrected chi connectivity index (χ4v) is 1.81. The summed E-state index contributed by atoms with van der Waals surface area (Å²) in [4.78, 5) is 26.9. The molecule has 2 N–H and O–H groups in total. The van der Waals surface area contributed by atoms with Crippen molar-refractivity contribution in [3.63, 3.8) is 0 Å². The second-order valence-electron chi connectivity index (χ2n) is 3.70. The van der Waals surface area contributed by atoms with E-state index < -0.39 is 0 Å². The Labute approximate surface area is 132 Å². The molecule has 7 heteroatoms. The molecule has 21 heavy (non-hydrogen) atoms. The zero-order chi connectivity index (χ0) is 16.7. The van der Waals surface area contributed by atoms with E-state index in [1.54, 1.807) is 29.5 Å². The summed E-state index contributed by atoms with van der Waals surface area (Å²) < 4.78 is 0. The van der Waals surface area contributed by atoms with Gasteiger partial charge in [-0.1, -0.05) is 13.8 Å².